The van der Waals surface area contributed by atoms with E-state index in [4.69, 9.17) is 70.3 Å². The molecule has 0 heterocycles. The molecule has 0 unspecified atom stereocenters. The molecule has 138 valence electrons. The fourth-order valence-electron chi connectivity index (χ4n) is 0. The molecule has 0 amide bonds. The normalized spacial score (nSPS) is 4.14. The molecular weight excluding hydrogens is 587 g/mol. The summed E-state index contributed by atoms with van der Waals surface area (Å²) >= 11 is 0. The number of hydrogen-bond donors (Lipinski definition) is 10. The van der Waals surface area contributed by atoms with Crippen LogP contribution in [0.5, 0.6) is 0 Å². The Bertz CT molecular complexity index is 227. The van der Waals surface area contributed by atoms with Crippen LogP contribution in [-0.4, -0.2) is 360 Å². The van der Waals surface area contributed by atoms with Crippen molar-refractivity contribution in [3.63, 3.8) is 0 Å². The van der Waals surface area contributed by atoms with E-state index in [-0.39, 0.29) is 266 Å². The molecule has 29 heteroatoms. The van der Waals surface area contributed by atoms with Gasteiger partial charge < -0.3 is 48.0 Å². The molecule has 0 aliphatic rings. The summed E-state index contributed by atoms with van der Waals surface area (Å²) in [6.07, 6.45) is 0. The van der Waals surface area contributed by atoms with Gasteiger partial charge in [-0.15, -0.1) is 0 Å². The second kappa shape index (κ2) is 83.6. The van der Waals surface area contributed by atoms with Gasteiger partial charge in [0.15, 0.2) is 0 Å². The van der Waals surface area contributed by atoms with Crippen LogP contribution in [0, 0.1) is 0 Å². The standard InChI is InChI=1S/9Na.5H2O3Si.9H/c;;;;;;;;;5*1-4(2)3;;;;;;;;;/h;;;;;;;;;5*1-2H;;;;;;;;;. The van der Waals surface area contributed by atoms with Gasteiger partial charge in [0.25, 0.3) is 0 Å². The molecule has 0 spiro atoms. The van der Waals surface area contributed by atoms with Crippen LogP contribution < -0.4 is 0 Å². The van der Waals surface area contributed by atoms with E-state index in [2.05, 4.69) is 0 Å². The Morgan fingerprint density at radius 2 is 0.241 bits per heavy atom. The molecule has 0 aliphatic heterocycles. The first kappa shape index (κ1) is 91.1. The Hall–Kier alpha value is 7.08. The Labute approximate surface area is 372 Å². The summed E-state index contributed by atoms with van der Waals surface area (Å²) < 4.78 is 43.7. The zero-order valence-corrected chi connectivity index (χ0v) is 14.0. The van der Waals surface area contributed by atoms with E-state index >= 15 is 0 Å². The van der Waals surface area contributed by atoms with Gasteiger partial charge in [-0.2, -0.15) is 0 Å². The van der Waals surface area contributed by atoms with E-state index < -0.39 is 45.9 Å². The molecule has 0 fully saturated rings. The predicted octanol–water partition coefficient (Wildman–Crippen LogP) is -13.9. The van der Waals surface area contributed by atoms with Crippen LogP contribution in [0.3, 0.4) is 0 Å². The summed E-state index contributed by atoms with van der Waals surface area (Å²) in [5.41, 5.74) is 0. The van der Waals surface area contributed by atoms with Gasteiger partial charge in [-0.3, -0.25) is 22.3 Å². The first-order valence-electron chi connectivity index (χ1n) is 3.26. The van der Waals surface area contributed by atoms with Crippen LogP contribution >= 0.6 is 0 Å². The van der Waals surface area contributed by atoms with Gasteiger partial charge >= 0.3 is 312 Å². The van der Waals surface area contributed by atoms with Crippen LogP contribution in [0.1, 0.15) is 0 Å². The maximum atomic E-state index is 8.74. The Morgan fingerprint density at radius 1 is 0.241 bits per heavy atom. The van der Waals surface area contributed by atoms with Crippen LogP contribution in [0.15, 0.2) is 0 Å². The molecule has 10 N–H and O–H groups in total. The molecule has 0 aliphatic carbocycles. The van der Waals surface area contributed by atoms with Crippen molar-refractivity contribution in [1.29, 1.82) is 0 Å². The molecule has 0 radical (unpaired) electrons. The van der Waals surface area contributed by atoms with Crippen molar-refractivity contribution in [3.8, 4) is 0 Å². The fourth-order valence-corrected chi connectivity index (χ4v) is 0. The molecule has 15 nitrogen and oxygen atoms in total. The van der Waals surface area contributed by atoms with Gasteiger partial charge in [0, 0.05) is 0 Å². The zero-order chi connectivity index (χ0) is 17.9. The first-order valence-corrected chi connectivity index (χ1v) is 9.77. The summed E-state index contributed by atoms with van der Waals surface area (Å²) in [7, 11) is -15.6. The fraction of sp³-hybridized carbons (Fsp3) is 0. The van der Waals surface area contributed by atoms with Crippen LogP contribution in [0.2, 0.25) is 0 Å². The monoisotopic (exact) mass is 606 g/mol. The molecule has 0 aromatic heterocycles. The number of hydrogen-bond acceptors (Lipinski definition) is 5. The van der Waals surface area contributed by atoms with Gasteiger partial charge in [0.1, 0.15) is 0 Å². The summed E-state index contributed by atoms with van der Waals surface area (Å²) in [6.45, 7) is 0. The Balaban J connectivity index is -0.00000000750. The average Bonchev–Trinajstić information content (AvgIpc) is 1.94. The molecule has 0 aromatic rings. The van der Waals surface area contributed by atoms with E-state index in [0.717, 1.165) is 0 Å². The molecule has 0 aromatic carbocycles. The second-order valence-electron chi connectivity index (χ2n) is 1.41. The quantitative estimate of drug-likeness (QED) is 0.115. The molecule has 0 saturated carbocycles. The molecule has 0 rings (SSSR count). The number of rotatable bonds is 0. The first-order chi connectivity index (χ1) is 8.66. The summed E-state index contributed by atoms with van der Waals surface area (Å²) in [5, 5.41) is 0. The minimum absolute atomic E-state index is 0. The van der Waals surface area contributed by atoms with Crippen LogP contribution in [0.25, 0.3) is 0 Å². The van der Waals surface area contributed by atoms with Crippen molar-refractivity contribution in [1.82, 2.24) is 0 Å². The SMILES string of the molecule is O=[Si](O)O.O=[Si](O)O.O=[Si](O)O.O=[Si](O)O.O=[Si](O)O.[NaH].[NaH].[NaH].[NaH].[NaH].[NaH].[NaH].[NaH].[NaH]. The third kappa shape index (κ3) is 765. The van der Waals surface area contributed by atoms with Crippen molar-refractivity contribution < 1.29 is 70.3 Å². The van der Waals surface area contributed by atoms with Gasteiger partial charge in [0.2, 0.25) is 0 Å². The molecule has 0 bridgehead atoms. The van der Waals surface area contributed by atoms with Gasteiger partial charge in [-0.25, -0.2) is 0 Å². The maximum absolute atomic E-state index is 8.74. The van der Waals surface area contributed by atoms with Crippen molar-refractivity contribution in [3.05, 3.63) is 0 Å². The summed E-state index contributed by atoms with van der Waals surface area (Å²) in [5.74, 6) is 0. The Kier molecular flexibility index (Phi) is 262. The predicted molar refractivity (Wildman–Crippen MR) is 119 cm³/mol. The third-order valence-electron chi connectivity index (χ3n) is 0. The van der Waals surface area contributed by atoms with E-state index in [9.17, 15) is 0 Å². The molecule has 0 saturated heterocycles. The third-order valence-corrected chi connectivity index (χ3v) is 0. The van der Waals surface area contributed by atoms with Crippen molar-refractivity contribution in [2.45, 2.75) is 0 Å². The molecule has 0 atom stereocenters. The summed E-state index contributed by atoms with van der Waals surface area (Å²) in [6, 6.07) is 0. The molecular formula is H19Na9O15Si5. The van der Waals surface area contributed by atoms with Gasteiger partial charge in [-0.1, -0.05) is 0 Å². The van der Waals surface area contributed by atoms with E-state index in [1.165, 1.54) is 0 Å². The second-order valence-corrected chi connectivity index (χ2v) is 4.24. The van der Waals surface area contributed by atoms with Crippen molar-refractivity contribution in [2.75, 3.05) is 0 Å². The topological polar surface area (TPSA) is 288 Å². The van der Waals surface area contributed by atoms with Crippen LogP contribution in [-0.2, 0) is 22.3 Å². The summed E-state index contributed by atoms with van der Waals surface area (Å²) in [4.78, 5) is 71.6. The molecule has 29 heavy (non-hydrogen) atoms. The van der Waals surface area contributed by atoms with Crippen molar-refractivity contribution >= 4 is 312 Å². The van der Waals surface area contributed by atoms with Gasteiger partial charge in [0.05, 0.1) is 0 Å². The van der Waals surface area contributed by atoms with E-state index in [0.29, 0.717) is 0 Å². The zero-order valence-electron chi connectivity index (χ0n) is 9.01. The van der Waals surface area contributed by atoms with Crippen LogP contribution in [0.4, 0.5) is 0 Å². The van der Waals surface area contributed by atoms with E-state index in [1.54, 1.807) is 0 Å². The minimum atomic E-state index is -3.13. The van der Waals surface area contributed by atoms with Gasteiger partial charge in [-0.05, 0) is 0 Å². The Morgan fingerprint density at radius 3 is 0.241 bits per heavy atom. The average molecular weight is 606 g/mol. The van der Waals surface area contributed by atoms with E-state index in [1.807, 2.05) is 0 Å². The van der Waals surface area contributed by atoms with Crippen molar-refractivity contribution in [2.24, 2.45) is 0 Å².